The van der Waals surface area contributed by atoms with Crippen LogP contribution in [-0.2, 0) is 0 Å². The fourth-order valence-electron chi connectivity index (χ4n) is 2.05. The lowest BCUT2D eigenvalue weighted by Crippen LogP contribution is -2.19. The Bertz CT molecular complexity index is 586. The molecule has 2 nitrogen and oxygen atoms in total. The van der Waals surface area contributed by atoms with Gasteiger partial charge in [-0.15, -0.1) is 0 Å². The molecule has 1 unspecified atom stereocenters. The van der Waals surface area contributed by atoms with Crippen molar-refractivity contribution in [2.75, 3.05) is 6.54 Å². The first kappa shape index (κ1) is 16.3. The maximum atomic E-state index is 6.02. The van der Waals surface area contributed by atoms with Crippen LogP contribution >= 0.6 is 27.5 Å². The van der Waals surface area contributed by atoms with Gasteiger partial charge < -0.3 is 10.1 Å². The molecular formula is C17H19BrClNO. The number of hydrogen-bond donors (Lipinski definition) is 1. The third kappa shape index (κ3) is 4.73. The van der Waals surface area contributed by atoms with E-state index in [0.29, 0.717) is 5.02 Å². The zero-order chi connectivity index (χ0) is 15.2. The molecule has 0 saturated carbocycles. The Hall–Kier alpha value is -1.03. The largest absolute Gasteiger partial charge is 0.457 e. The van der Waals surface area contributed by atoms with Crippen LogP contribution in [0.2, 0.25) is 5.02 Å². The van der Waals surface area contributed by atoms with Gasteiger partial charge in [-0.3, -0.25) is 0 Å². The third-order valence-electron chi connectivity index (χ3n) is 3.18. The highest BCUT2D eigenvalue weighted by Gasteiger charge is 2.12. The number of ether oxygens (including phenoxy) is 1. The molecule has 4 heteroatoms. The zero-order valence-corrected chi connectivity index (χ0v) is 14.5. The topological polar surface area (TPSA) is 21.3 Å². The van der Waals surface area contributed by atoms with Gasteiger partial charge in [0.25, 0.3) is 0 Å². The summed E-state index contributed by atoms with van der Waals surface area (Å²) in [6.45, 7) is 5.29. The van der Waals surface area contributed by atoms with Crippen molar-refractivity contribution in [2.45, 2.75) is 26.3 Å². The molecule has 0 aliphatic heterocycles. The van der Waals surface area contributed by atoms with E-state index in [2.05, 4.69) is 41.2 Å². The Kier molecular flexibility index (Phi) is 6.09. The van der Waals surface area contributed by atoms with Crippen molar-refractivity contribution in [1.82, 2.24) is 5.32 Å². The van der Waals surface area contributed by atoms with Gasteiger partial charge >= 0.3 is 0 Å². The van der Waals surface area contributed by atoms with Crippen molar-refractivity contribution in [1.29, 1.82) is 0 Å². The van der Waals surface area contributed by atoms with Crippen molar-refractivity contribution >= 4 is 27.5 Å². The fraction of sp³-hybridized carbons (Fsp3) is 0.294. The van der Waals surface area contributed by atoms with Gasteiger partial charge in [0.2, 0.25) is 0 Å². The molecule has 2 aromatic carbocycles. The fourth-order valence-corrected chi connectivity index (χ4v) is 2.52. The molecule has 2 rings (SSSR count). The van der Waals surface area contributed by atoms with E-state index in [0.717, 1.165) is 34.5 Å². The van der Waals surface area contributed by atoms with E-state index in [1.165, 1.54) is 0 Å². The minimum Gasteiger partial charge on any atom is -0.457 e. The van der Waals surface area contributed by atoms with E-state index in [4.69, 9.17) is 16.3 Å². The average molecular weight is 369 g/mol. The molecule has 0 aliphatic rings. The summed E-state index contributed by atoms with van der Waals surface area (Å²) in [6.07, 6.45) is 1.11. The standard InChI is InChI=1S/C17H19BrClNO/c1-3-10-20-12(2)16-9-4-13(18)11-17(16)21-15-7-5-14(19)6-8-15/h4-9,11-12,20H,3,10H2,1-2H3. The number of rotatable bonds is 6. The van der Waals surface area contributed by atoms with Crippen LogP contribution in [0.25, 0.3) is 0 Å². The van der Waals surface area contributed by atoms with Crippen molar-refractivity contribution in [3.63, 3.8) is 0 Å². The highest BCUT2D eigenvalue weighted by Crippen LogP contribution is 2.32. The van der Waals surface area contributed by atoms with Gasteiger partial charge in [-0.1, -0.05) is 40.5 Å². The van der Waals surface area contributed by atoms with Crippen LogP contribution in [0.5, 0.6) is 11.5 Å². The Morgan fingerprint density at radius 3 is 2.57 bits per heavy atom. The lowest BCUT2D eigenvalue weighted by atomic mass is 10.1. The third-order valence-corrected chi connectivity index (χ3v) is 3.93. The summed E-state index contributed by atoms with van der Waals surface area (Å²) in [6, 6.07) is 13.8. The molecule has 0 saturated heterocycles. The van der Waals surface area contributed by atoms with Crippen LogP contribution in [0.3, 0.4) is 0 Å². The number of halogens is 2. The quantitative estimate of drug-likeness (QED) is 0.679. The molecule has 0 amide bonds. The molecule has 0 aliphatic carbocycles. The van der Waals surface area contributed by atoms with E-state index in [9.17, 15) is 0 Å². The second-order valence-corrected chi connectivity index (χ2v) is 6.27. The number of benzene rings is 2. The summed E-state index contributed by atoms with van der Waals surface area (Å²) in [7, 11) is 0. The lowest BCUT2D eigenvalue weighted by Gasteiger charge is -2.18. The smallest absolute Gasteiger partial charge is 0.133 e. The number of hydrogen-bond acceptors (Lipinski definition) is 2. The normalized spacial score (nSPS) is 12.2. The zero-order valence-electron chi connectivity index (χ0n) is 12.2. The number of nitrogens with one attached hydrogen (secondary N) is 1. The second-order valence-electron chi connectivity index (χ2n) is 4.91. The van der Waals surface area contributed by atoms with Crippen molar-refractivity contribution in [2.24, 2.45) is 0 Å². The van der Waals surface area contributed by atoms with Gasteiger partial charge in [-0.2, -0.15) is 0 Å². The van der Waals surface area contributed by atoms with Crippen LogP contribution in [-0.4, -0.2) is 6.54 Å². The van der Waals surface area contributed by atoms with Gasteiger partial charge in [0.05, 0.1) is 0 Å². The first-order valence-electron chi connectivity index (χ1n) is 7.06. The maximum Gasteiger partial charge on any atom is 0.133 e. The lowest BCUT2D eigenvalue weighted by molar-refractivity contribution is 0.460. The Labute approximate surface area is 139 Å². The van der Waals surface area contributed by atoms with E-state index in [-0.39, 0.29) is 6.04 Å². The highest BCUT2D eigenvalue weighted by molar-refractivity contribution is 9.10. The molecule has 0 aromatic heterocycles. The SMILES string of the molecule is CCCNC(C)c1ccc(Br)cc1Oc1ccc(Cl)cc1. The van der Waals surface area contributed by atoms with Gasteiger partial charge in [0, 0.05) is 21.1 Å². The molecular weight excluding hydrogens is 350 g/mol. The van der Waals surface area contributed by atoms with Crippen LogP contribution in [0, 0.1) is 0 Å². The molecule has 0 fully saturated rings. The van der Waals surface area contributed by atoms with Gasteiger partial charge in [0.1, 0.15) is 11.5 Å². The van der Waals surface area contributed by atoms with Crippen LogP contribution in [0.1, 0.15) is 31.9 Å². The summed E-state index contributed by atoms with van der Waals surface area (Å²) in [4.78, 5) is 0. The maximum absolute atomic E-state index is 6.02. The van der Waals surface area contributed by atoms with Crippen LogP contribution in [0.4, 0.5) is 0 Å². The van der Waals surface area contributed by atoms with Gasteiger partial charge in [0.15, 0.2) is 0 Å². The average Bonchev–Trinajstić information content (AvgIpc) is 2.47. The minimum absolute atomic E-state index is 0.236. The van der Waals surface area contributed by atoms with Crippen molar-refractivity contribution in [3.8, 4) is 11.5 Å². The van der Waals surface area contributed by atoms with E-state index < -0.39 is 0 Å². The van der Waals surface area contributed by atoms with Gasteiger partial charge in [-0.05, 0) is 56.3 Å². The predicted octanol–water partition coefficient (Wildman–Crippen LogP) is 5.96. The Morgan fingerprint density at radius 2 is 1.90 bits per heavy atom. The van der Waals surface area contributed by atoms with Crippen molar-refractivity contribution in [3.05, 3.63) is 57.5 Å². The monoisotopic (exact) mass is 367 g/mol. The Morgan fingerprint density at radius 1 is 1.19 bits per heavy atom. The van der Waals surface area contributed by atoms with E-state index in [1.54, 1.807) is 0 Å². The molecule has 1 N–H and O–H groups in total. The molecule has 0 bridgehead atoms. The second kappa shape index (κ2) is 7.83. The first-order chi connectivity index (χ1) is 10.1. The Balaban J connectivity index is 2.24. The minimum atomic E-state index is 0.236. The molecule has 0 spiro atoms. The molecule has 1 atom stereocenters. The molecule has 21 heavy (non-hydrogen) atoms. The van der Waals surface area contributed by atoms with Crippen LogP contribution < -0.4 is 10.1 Å². The van der Waals surface area contributed by atoms with E-state index in [1.807, 2.05) is 36.4 Å². The van der Waals surface area contributed by atoms with E-state index >= 15 is 0 Å². The molecule has 0 heterocycles. The summed E-state index contributed by atoms with van der Waals surface area (Å²) in [5.41, 5.74) is 1.14. The molecule has 112 valence electrons. The molecule has 2 aromatic rings. The van der Waals surface area contributed by atoms with Crippen LogP contribution in [0.15, 0.2) is 46.9 Å². The summed E-state index contributed by atoms with van der Waals surface area (Å²) in [5.74, 6) is 1.63. The van der Waals surface area contributed by atoms with Gasteiger partial charge in [-0.25, -0.2) is 0 Å². The predicted molar refractivity (Wildman–Crippen MR) is 92.4 cm³/mol. The first-order valence-corrected chi connectivity index (χ1v) is 8.23. The summed E-state index contributed by atoms with van der Waals surface area (Å²) in [5, 5.41) is 4.19. The summed E-state index contributed by atoms with van der Waals surface area (Å²) >= 11 is 9.41. The summed E-state index contributed by atoms with van der Waals surface area (Å²) < 4.78 is 7.02. The van der Waals surface area contributed by atoms with Crippen molar-refractivity contribution < 1.29 is 4.74 Å². The highest BCUT2D eigenvalue weighted by atomic mass is 79.9. The molecule has 0 radical (unpaired) electrons.